The molecule has 5 nitrogen and oxygen atoms in total. The molecule has 0 aromatic heterocycles. The standard InChI is InChI=1S/C20H23ClN2O3/c1-14(2)10-11-22-19(24)13-26-18-9-8-15(21)12-17(18)20(25)23-16-6-4-3-5-7-16/h3-9,12,14H,10-11,13H2,1-2H3,(H,22,24)(H,23,25). The molecule has 2 rings (SSSR count). The summed E-state index contributed by atoms with van der Waals surface area (Å²) < 4.78 is 5.54. The highest BCUT2D eigenvalue weighted by atomic mass is 35.5. The first-order valence-electron chi connectivity index (χ1n) is 8.51. The number of hydrogen-bond donors (Lipinski definition) is 2. The Labute approximate surface area is 158 Å². The second-order valence-electron chi connectivity index (χ2n) is 6.28. The number of rotatable bonds is 8. The van der Waals surface area contributed by atoms with Crippen LogP contribution in [0.3, 0.4) is 0 Å². The molecular weight excluding hydrogens is 352 g/mol. The van der Waals surface area contributed by atoms with Gasteiger partial charge in [0.1, 0.15) is 5.75 Å². The van der Waals surface area contributed by atoms with Crippen LogP contribution in [0.15, 0.2) is 48.5 Å². The van der Waals surface area contributed by atoms with Crippen molar-refractivity contribution in [1.82, 2.24) is 5.32 Å². The number of benzene rings is 2. The van der Waals surface area contributed by atoms with E-state index >= 15 is 0 Å². The number of carbonyl (C=O) groups is 2. The molecule has 2 amide bonds. The minimum atomic E-state index is -0.353. The van der Waals surface area contributed by atoms with Gasteiger partial charge in [0.05, 0.1) is 5.56 Å². The highest BCUT2D eigenvalue weighted by molar-refractivity contribution is 6.31. The molecule has 0 aliphatic rings. The molecule has 26 heavy (non-hydrogen) atoms. The molecule has 2 aromatic rings. The first-order chi connectivity index (χ1) is 12.5. The maximum atomic E-state index is 12.5. The van der Waals surface area contributed by atoms with E-state index in [0.717, 1.165) is 6.42 Å². The van der Waals surface area contributed by atoms with Gasteiger partial charge in [-0.25, -0.2) is 0 Å². The molecule has 0 aliphatic carbocycles. The highest BCUT2D eigenvalue weighted by Gasteiger charge is 2.15. The Morgan fingerprint density at radius 3 is 2.54 bits per heavy atom. The highest BCUT2D eigenvalue weighted by Crippen LogP contribution is 2.24. The van der Waals surface area contributed by atoms with Crippen molar-refractivity contribution in [1.29, 1.82) is 0 Å². The molecule has 2 N–H and O–H groups in total. The first kappa shape index (κ1) is 19.8. The monoisotopic (exact) mass is 374 g/mol. The van der Waals surface area contributed by atoms with E-state index < -0.39 is 0 Å². The summed E-state index contributed by atoms with van der Waals surface area (Å²) in [5.41, 5.74) is 0.936. The van der Waals surface area contributed by atoms with Crippen molar-refractivity contribution in [2.45, 2.75) is 20.3 Å². The van der Waals surface area contributed by atoms with Crippen LogP contribution >= 0.6 is 11.6 Å². The average Bonchev–Trinajstić information content (AvgIpc) is 2.61. The van der Waals surface area contributed by atoms with Gasteiger partial charge < -0.3 is 15.4 Å². The third-order valence-corrected chi connectivity index (χ3v) is 3.86. The van der Waals surface area contributed by atoms with Gasteiger partial charge in [-0.1, -0.05) is 43.6 Å². The van der Waals surface area contributed by atoms with Crippen LogP contribution in [-0.2, 0) is 4.79 Å². The maximum absolute atomic E-state index is 12.5. The van der Waals surface area contributed by atoms with E-state index in [4.69, 9.17) is 16.3 Å². The SMILES string of the molecule is CC(C)CCNC(=O)COc1ccc(Cl)cc1C(=O)Nc1ccccc1. The third kappa shape index (κ3) is 6.41. The Balaban J connectivity index is 2.00. The molecule has 0 aliphatic heterocycles. The van der Waals surface area contributed by atoms with E-state index in [-0.39, 0.29) is 24.0 Å². The van der Waals surface area contributed by atoms with Gasteiger partial charge in [-0.2, -0.15) is 0 Å². The predicted octanol–water partition coefficient (Wildman–Crippen LogP) is 4.13. The van der Waals surface area contributed by atoms with Gasteiger partial charge in [0.25, 0.3) is 11.8 Å². The van der Waals surface area contributed by atoms with E-state index in [9.17, 15) is 9.59 Å². The van der Waals surface area contributed by atoms with Crippen LogP contribution in [0.2, 0.25) is 5.02 Å². The molecule has 0 fully saturated rings. The first-order valence-corrected chi connectivity index (χ1v) is 8.89. The second-order valence-corrected chi connectivity index (χ2v) is 6.72. The fraction of sp³-hybridized carbons (Fsp3) is 0.300. The lowest BCUT2D eigenvalue weighted by molar-refractivity contribution is -0.123. The van der Waals surface area contributed by atoms with Gasteiger partial charge >= 0.3 is 0 Å². The molecule has 0 radical (unpaired) electrons. The smallest absolute Gasteiger partial charge is 0.259 e. The van der Waals surface area contributed by atoms with Crippen LogP contribution in [0.4, 0.5) is 5.69 Å². The topological polar surface area (TPSA) is 67.4 Å². The lowest BCUT2D eigenvalue weighted by atomic mass is 10.1. The molecule has 0 atom stereocenters. The summed E-state index contributed by atoms with van der Waals surface area (Å²) >= 11 is 6.01. The summed E-state index contributed by atoms with van der Waals surface area (Å²) in [6.07, 6.45) is 0.900. The number of ether oxygens (including phenoxy) is 1. The van der Waals surface area contributed by atoms with Gasteiger partial charge in [0, 0.05) is 17.3 Å². The van der Waals surface area contributed by atoms with Crippen molar-refractivity contribution < 1.29 is 14.3 Å². The number of hydrogen-bond acceptors (Lipinski definition) is 3. The van der Waals surface area contributed by atoms with Crippen LogP contribution < -0.4 is 15.4 Å². The second kappa shape index (κ2) is 9.82. The van der Waals surface area contributed by atoms with Crippen molar-refractivity contribution in [3.63, 3.8) is 0 Å². The number of nitrogens with one attached hydrogen (secondary N) is 2. The van der Waals surface area contributed by atoms with Crippen molar-refractivity contribution in [2.24, 2.45) is 5.92 Å². The van der Waals surface area contributed by atoms with Gasteiger partial charge in [0.15, 0.2) is 6.61 Å². The Morgan fingerprint density at radius 1 is 1.12 bits per heavy atom. The van der Waals surface area contributed by atoms with Gasteiger partial charge in [-0.3, -0.25) is 9.59 Å². The summed E-state index contributed by atoms with van der Waals surface area (Å²) in [4.78, 5) is 24.4. The summed E-state index contributed by atoms with van der Waals surface area (Å²) in [6, 6.07) is 13.8. The molecule has 0 spiro atoms. The molecule has 2 aromatic carbocycles. The molecule has 0 heterocycles. The third-order valence-electron chi connectivity index (χ3n) is 3.62. The Bertz CT molecular complexity index is 748. The number of carbonyl (C=O) groups excluding carboxylic acids is 2. The van der Waals surface area contributed by atoms with Crippen molar-refractivity contribution in [3.05, 3.63) is 59.1 Å². The average molecular weight is 375 g/mol. The zero-order chi connectivity index (χ0) is 18.9. The number of para-hydroxylation sites is 1. The van der Waals surface area contributed by atoms with E-state index in [0.29, 0.717) is 28.9 Å². The molecule has 6 heteroatoms. The molecule has 138 valence electrons. The van der Waals surface area contributed by atoms with Crippen LogP contribution in [0, 0.1) is 5.92 Å². The minimum absolute atomic E-state index is 0.161. The largest absolute Gasteiger partial charge is 0.483 e. The quantitative estimate of drug-likeness (QED) is 0.729. The zero-order valence-corrected chi connectivity index (χ0v) is 15.7. The minimum Gasteiger partial charge on any atom is -0.483 e. The predicted molar refractivity (Wildman–Crippen MR) is 104 cm³/mol. The fourth-order valence-corrected chi connectivity index (χ4v) is 2.39. The summed E-state index contributed by atoms with van der Waals surface area (Å²) in [7, 11) is 0. The molecule has 0 saturated carbocycles. The Kier molecular flexibility index (Phi) is 7.48. The molecule has 0 saturated heterocycles. The molecular formula is C20H23ClN2O3. The van der Waals surface area contributed by atoms with Crippen molar-refractivity contribution >= 4 is 29.1 Å². The van der Waals surface area contributed by atoms with Crippen LogP contribution in [0.1, 0.15) is 30.6 Å². The van der Waals surface area contributed by atoms with Crippen molar-refractivity contribution in [3.8, 4) is 5.75 Å². The fourth-order valence-electron chi connectivity index (χ4n) is 2.22. The van der Waals surface area contributed by atoms with E-state index in [1.807, 2.05) is 18.2 Å². The van der Waals surface area contributed by atoms with Crippen LogP contribution in [-0.4, -0.2) is 25.0 Å². The molecule has 0 bridgehead atoms. The zero-order valence-electron chi connectivity index (χ0n) is 14.9. The van der Waals surface area contributed by atoms with Gasteiger partial charge in [-0.05, 0) is 42.7 Å². The van der Waals surface area contributed by atoms with E-state index in [2.05, 4.69) is 24.5 Å². The number of amides is 2. The number of halogens is 1. The van der Waals surface area contributed by atoms with E-state index in [1.165, 1.54) is 6.07 Å². The Hall–Kier alpha value is -2.53. The molecule has 0 unspecified atom stereocenters. The number of anilines is 1. The van der Waals surface area contributed by atoms with Crippen LogP contribution in [0.5, 0.6) is 5.75 Å². The van der Waals surface area contributed by atoms with Crippen molar-refractivity contribution in [2.75, 3.05) is 18.5 Å². The summed E-state index contributed by atoms with van der Waals surface area (Å²) in [5.74, 6) is 0.242. The maximum Gasteiger partial charge on any atom is 0.259 e. The van der Waals surface area contributed by atoms with Gasteiger partial charge in [-0.15, -0.1) is 0 Å². The lowest BCUT2D eigenvalue weighted by Crippen LogP contribution is -2.30. The lowest BCUT2D eigenvalue weighted by Gasteiger charge is -2.13. The normalized spacial score (nSPS) is 10.5. The van der Waals surface area contributed by atoms with Crippen LogP contribution in [0.25, 0.3) is 0 Å². The summed E-state index contributed by atoms with van der Waals surface area (Å²) in [6.45, 7) is 4.62. The summed E-state index contributed by atoms with van der Waals surface area (Å²) in [5, 5.41) is 5.99. The Morgan fingerprint density at radius 2 is 1.85 bits per heavy atom. The van der Waals surface area contributed by atoms with E-state index in [1.54, 1.807) is 24.3 Å². The van der Waals surface area contributed by atoms with Gasteiger partial charge in [0.2, 0.25) is 0 Å².